The van der Waals surface area contributed by atoms with Gasteiger partial charge in [0.1, 0.15) is 12.4 Å². The van der Waals surface area contributed by atoms with Gasteiger partial charge < -0.3 is 14.2 Å². The Bertz CT molecular complexity index is 1190. The number of hydrogen-bond donors (Lipinski definition) is 0. The molecule has 0 aliphatic carbocycles. The second-order valence-electron chi connectivity index (χ2n) is 8.62. The first kappa shape index (κ1) is 29.3. The van der Waals surface area contributed by atoms with Crippen LogP contribution < -0.4 is 4.74 Å². The Morgan fingerprint density at radius 1 is 0.921 bits per heavy atom. The summed E-state index contributed by atoms with van der Waals surface area (Å²) in [6, 6.07) is 23.8. The third-order valence-electron chi connectivity index (χ3n) is 5.98. The summed E-state index contributed by atoms with van der Waals surface area (Å²) in [6.45, 7) is 8.01. The predicted molar refractivity (Wildman–Crippen MR) is 152 cm³/mol. The molecular weight excluding hydrogens is 520 g/mol. The fourth-order valence-corrected chi connectivity index (χ4v) is 5.16. The maximum absolute atomic E-state index is 12.9. The minimum Gasteiger partial charge on any atom is -0.489 e. The van der Waals surface area contributed by atoms with Gasteiger partial charge in [0.15, 0.2) is 5.41 Å². The largest absolute Gasteiger partial charge is 0.489 e. The van der Waals surface area contributed by atoms with E-state index in [0.717, 1.165) is 26.7 Å². The lowest BCUT2D eigenvalue weighted by molar-refractivity contribution is -0.172. The number of hydrogen-bond acceptors (Lipinski definition) is 6. The van der Waals surface area contributed by atoms with Crippen LogP contribution in [0.1, 0.15) is 37.8 Å². The maximum atomic E-state index is 12.9. The molecule has 0 saturated heterocycles. The van der Waals surface area contributed by atoms with E-state index >= 15 is 0 Å². The van der Waals surface area contributed by atoms with Gasteiger partial charge in [-0.25, -0.2) is 0 Å². The number of allylic oxidation sites excluding steroid dienone is 1. The monoisotopic (exact) mass is 552 g/mol. The predicted octanol–water partition coefficient (Wildman–Crippen LogP) is 7.69. The van der Waals surface area contributed by atoms with Crippen LogP contribution in [0, 0.1) is 5.41 Å². The fourth-order valence-electron chi connectivity index (χ4n) is 3.96. The summed E-state index contributed by atoms with van der Waals surface area (Å²) in [7, 11) is 0. The Kier molecular flexibility index (Phi) is 11.3. The van der Waals surface area contributed by atoms with Crippen LogP contribution in [0.2, 0.25) is 5.02 Å². The Morgan fingerprint density at radius 2 is 1.55 bits per heavy atom. The Balaban J connectivity index is 1.66. The molecule has 38 heavy (non-hydrogen) atoms. The van der Waals surface area contributed by atoms with Crippen LogP contribution in [0.5, 0.6) is 5.75 Å². The first-order chi connectivity index (χ1) is 18.4. The molecule has 200 valence electrons. The zero-order valence-corrected chi connectivity index (χ0v) is 23.4. The molecule has 0 aromatic heterocycles. The summed E-state index contributed by atoms with van der Waals surface area (Å²) >= 11 is 8.21. The van der Waals surface area contributed by atoms with Gasteiger partial charge in [0.05, 0.1) is 13.2 Å². The molecule has 5 nitrogen and oxygen atoms in total. The first-order valence-corrected chi connectivity index (χ1v) is 13.8. The number of benzene rings is 3. The number of rotatable bonds is 14. The van der Waals surface area contributed by atoms with Crippen molar-refractivity contribution in [3.8, 4) is 5.75 Å². The maximum Gasteiger partial charge on any atom is 0.323 e. The Morgan fingerprint density at radius 3 is 2.13 bits per heavy atom. The molecule has 0 saturated carbocycles. The van der Waals surface area contributed by atoms with Gasteiger partial charge in [-0.15, -0.1) is 6.58 Å². The van der Waals surface area contributed by atoms with Crippen molar-refractivity contribution >= 4 is 35.3 Å². The van der Waals surface area contributed by atoms with Gasteiger partial charge in [0.2, 0.25) is 0 Å². The molecule has 0 aliphatic rings. The molecule has 0 amide bonds. The van der Waals surface area contributed by atoms with Crippen molar-refractivity contribution in [1.29, 1.82) is 0 Å². The first-order valence-electron chi connectivity index (χ1n) is 12.6. The second kappa shape index (κ2) is 14.6. The molecule has 0 aliphatic heterocycles. The summed E-state index contributed by atoms with van der Waals surface area (Å²) in [4.78, 5) is 27.7. The highest BCUT2D eigenvalue weighted by Gasteiger charge is 2.47. The molecule has 7 heteroatoms. The van der Waals surface area contributed by atoms with Crippen molar-refractivity contribution in [2.75, 3.05) is 13.2 Å². The van der Waals surface area contributed by atoms with Gasteiger partial charge in [-0.05, 0) is 80.6 Å². The third kappa shape index (κ3) is 7.89. The number of carbonyl (C=O) groups is 2. The number of halogens is 1. The van der Waals surface area contributed by atoms with E-state index < -0.39 is 17.4 Å². The van der Waals surface area contributed by atoms with E-state index in [2.05, 4.69) is 6.58 Å². The van der Waals surface area contributed by atoms with Crippen molar-refractivity contribution < 1.29 is 23.8 Å². The molecule has 0 N–H and O–H groups in total. The highest BCUT2D eigenvalue weighted by atomic mass is 35.5. The Hall–Kier alpha value is -3.22. The van der Waals surface area contributed by atoms with Gasteiger partial charge in [0.25, 0.3) is 0 Å². The van der Waals surface area contributed by atoms with E-state index in [1.807, 2.05) is 72.8 Å². The number of esters is 2. The molecule has 0 heterocycles. The smallest absolute Gasteiger partial charge is 0.323 e. The van der Waals surface area contributed by atoms with Crippen LogP contribution in [0.3, 0.4) is 0 Å². The van der Waals surface area contributed by atoms with E-state index in [4.69, 9.17) is 25.8 Å². The van der Waals surface area contributed by atoms with E-state index in [1.54, 1.807) is 31.7 Å². The lowest BCUT2D eigenvalue weighted by Gasteiger charge is -2.28. The van der Waals surface area contributed by atoms with Crippen LogP contribution >= 0.6 is 23.4 Å². The number of carbonyl (C=O) groups excluding carboxylic acids is 2. The zero-order valence-electron chi connectivity index (χ0n) is 21.8. The molecule has 0 atom stereocenters. The summed E-state index contributed by atoms with van der Waals surface area (Å²) in [5.41, 5.74) is 0.504. The second-order valence-corrected chi connectivity index (χ2v) is 10.2. The summed E-state index contributed by atoms with van der Waals surface area (Å²) < 4.78 is 16.4. The van der Waals surface area contributed by atoms with Crippen LogP contribution in [-0.4, -0.2) is 25.2 Å². The third-order valence-corrected chi connectivity index (χ3v) is 7.33. The summed E-state index contributed by atoms with van der Waals surface area (Å²) in [5, 5.41) is 0.568. The minimum atomic E-state index is -1.45. The van der Waals surface area contributed by atoms with Gasteiger partial charge in [-0.1, -0.05) is 65.8 Å². The highest BCUT2D eigenvalue weighted by molar-refractivity contribution is 7.99. The van der Waals surface area contributed by atoms with Crippen LogP contribution in [0.15, 0.2) is 95.2 Å². The average molecular weight is 553 g/mol. The topological polar surface area (TPSA) is 61.8 Å². The zero-order chi connectivity index (χ0) is 27.4. The van der Waals surface area contributed by atoms with Crippen molar-refractivity contribution in [3.63, 3.8) is 0 Å². The van der Waals surface area contributed by atoms with Gasteiger partial charge in [-0.3, -0.25) is 9.59 Å². The van der Waals surface area contributed by atoms with Gasteiger partial charge in [-0.2, -0.15) is 0 Å². The highest BCUT2D eigenvalue weighted by Crippen LogP contribution is 2.36. The summed E-state index contributed by atoms with van der Waals surface area (Å²) in [5.74, 6) is -0.395. The Labute approximate surface area is 234 Å². The van der Waals surface area contributed by atoms with Crippen LogP contribution in [0.4, 0.5) is 0 Å². The molecule has 3 rings (SSSR count). The summed E-state index contributed by atoms with van der Waals surface area (Å²) in [6.07, 6.45) is 2.28. The average Bonchev–Trinajstić information content (AvgIpc) is 2.92. The molecule has 0 unspecified atom stereocenters. The number of ether oxygens (including phenoxy) is 3. The normalized spacial score (nSPS) is 11.0. The van der Waals surface area contributed by atoms with E-state index in [0.29, 0.717) is 18.1 Å². The van der Waals surface area contributed by atoms with Crippen molar-refractivity contribution in [2.45, 2.75) is 49.5 Å². The standard InChI is InChI=1S/C31H33ClO5S/c1-4-19-31(29(33)35-5-2,30(34)36-6-3)20-18-24-12-15-27(21-28(24)32)38-26-16-13-25(14-17-26)37-22-23-10-8-7-9-11-23/h4,7-17,21H,1,5-6,18-20,22H2,2-3H3. The molecule has 0 radical (unpaired) electrons. The van der Waals surface area contributed by atoms with Crippen molar-refractivity contribution in [1.82, 2.24) is 0 Å². The quantitative estimate of drug-likeness (QED) is 0.116. The molecule has 0 spiro atoms. The van der Waals surface area contributed by atoms with Crippen LogP contribution in [-0.2, 0) is 32.1 Å². The molecule has 3 aromatic rings. The van der Waals surface area contributed by atoms with E-state index in [-0.39, 0.29) is 26.1 Å². The fraction of sp³-hybridized carbons (Fsp3) is 0.290. The van der Waals surface area contributed by atoms with Crippen LogP contribution in [0.25, 0.3) is 0 Å². The molecule has 0 fully saturated rings. The minimum absolute atomic E-state index is 0.126. The van der Waals surface area contributed by atoms with E-state index in [1.165, 1.54) is 0 Å². The lowest BCUT2D eigenvalue weighted by Crippen LogP contribution is -2.42. The molecular formula is C31H33ClO5S. The van der Waals surface area contributed by atoms with Gasteiger partial charge in [0, 0.05) is 14.8 Å². The lowest BCUT2D eigenvalue weighted by atomic mass is 9.79. The SMILES string of the molecule is C=CCC(CCc1ccc(Sc2ccc(OCc3ccccc3)cc2)cc1Cl)(C(=O)OCC)C(=O)OCC. The van der Waals surface area contributed by atoms with Crippen molar-refractivity contribution in [2.24, 2.45) is 5.41 Å². The van der Waals surface area contributed by atoms with E-state index in [9.17, 15) is 9.59 Å². The molecule has 0 bridgehead atoms. The van der Waals surface area contributed by atoms with Gasteiger partial charge >= 0.3 is 11.9 Å². The van der Waals surface area contributed by atoms with Crippen molar-refractivity contribution in [3.05, 3.63) is 102 Å². The molecule has 3 aromatic carbocycles. The number of aryl methyl sites for hydroxylation is 1.